The lowest BCUT2D eigenvalue weighted by Crippen LogP contribution is -2.08. The predicted molar refractivity (Wildman–Crippen MR) is 98.4 cm³/mol. The number of H-pyrrole nitrogens is 1. The summed E-state index contributed by atoms with van der Waals surface area (Å²) in [5, 5.41) is 5.84. The van der Waals surface area contributed by atoms with Crippen LogP contribution in [0.15, 0.2) is 60.9 Å². The Morgan fingerprint density at radius 3 is 2.92 bits per heavy atom. The molecule has 0 radical (unpaired) electrons. The maximum atomic E-state index is 5.56. The van der Waals surface area contributed by atoms with Crippen molar-refractivity contribution in [3.05, 3.63) is 77.7 Å². The van der Waals surface area contributed by atoms with Crippen LogP contribution in [0.25, 0.3) is 22.0 Å². The Balaban J connectivity index is 1.49. The number of aromatic amines is 1. The van der Waals surface area contributed by atoms with E-state index in [-0.39, 0.29) is 0 Å². The van der Waals surface area contributed by atoms with Crippen LogP contribution in [0.3, 0.4) is 0 Å². The van der Waals surface area contributed by atoms with E-state index in [2.05, 4.69) is 58.7 Å². The summed E-state index contributed by atoms with van der Waals surface area (Å²) in [7, 11) is 0. The van der Waals surface area contributed by atoms with Crippen molar-refractivity contribution in [1.29, 1.82) is 0 Å². The van der Waals surface area contributed by atoms with Gasteiger partial charge < -0.3 is 9.72 Å². The molecule has 0 saturated carbocycles. The summed E-state index contributed by atoms with van der Waals surface area (Å²) in [6.07, 6.45) is 5.05. The third-order valence-corrected chi connectivity index (χ3v) is 4.89. The molecule has 4 aromatic rings. The Morgan fingerprint density at radius 2 is 2.00 bits per heavy atom. The van der Waals surface area contributed by atoms with Crippen molar-refractivity contribution in [3.8, 4) is 11.1 Å². The number of aromatic nitrogens is 3. The molecule has 2 aromatic heterocycles. The molecule has 0 fully saturated rings. The molecule has 3 heterocycles. The zero-order valence-electron chi connectivity index (χ0n) is 13.9. The molecule has 0 saturated heterocycles. The third-order valence-electron chi connectivity index (χ3n) is 4.89. The van der Waals surface area contributed by atoms with Crippen molar-refractivity contribution in [2.75, 3.05) is 6.61 Å². The number of nitrogens with zero attached hydrogens (tertiary/aromatic N) is 2. The van der Waals surface area contributed by atoms with Gasteiger partial charge in [0.2, 0.25) is 0 Å². The minimum absolute atomic E-state index is 0.689. The van der Waals surface area contributed by atoms with Gasteiger partial charge in [0.1, 0.15) is 0 Å². The number of ether oxygens (including phenoxy) is 1. The third kappa shape index (κ3) is 2.65. The van der Waals surface area contributed by atoms with Crippen molar-refractivity contribution >= 4 is 10.9 Å². The van der Waals surface area contributed by atoms with Crippen molar-refractivity contribution in [2.24, 2.45) is 0 Å². The molecule has 0 unspecified atom stereocenters. The molecule has 1 N–H and O–H groups in total. The second kappa shape index (κ2) is 5.90. The second-order valence-corrected chi connectivity index (χ2v) is 6.56. The summed E-state index contributed by atoms with van der Waals surface area (Å²) in [5.74, 6) is 0. The smallest absolute Gasteiger partial charge is 0.0869 e. The Bertz CT molecular complexity index is 1030. The molecule has 0 bridgehead atoms. The molecule has 4 heteroatoms. The van der Waals surface area contributed by atoms with Gasteiger partial charge in [0, 0.05) is 28.4 Å². The summed E-state index contributed by atoms with van der Waals surface area (Å²) < 4.78 is 7.55. The molecule has 0 amide bonds. The lowest BCUT2D eigenvalue weighted by atomic mass is 10.0. The first-order valence-electron chi connectivity index (χ1n) is 8.65. The topological polar surface area (TPSA) is 42.8 Å². The van der Waals surface area contributed by atoms with Gasteiger partial charge in [0.25, 0.3) is 0 Å². The van der Waals surface area contributed by atoms with Gasteiger partial charge in [-0.1, -0.05) is 36.4 Å². The van der Waals surface area contributed by atoms with Gasteiger partial charge >= 0.3 is 0 Å². The molecule has 4 nitrogen and oxygen atoms in total. The Morgan fingerprint density at radius 1 is 1.08 bits per heavy atom. The highest BCUT2D eigenvalue weighted by Crippen LogP contribution is 2.30. The van der Waals surface area contributed by atoms with Gasteiger partial charge in [-0.25, -0.2) is 0 Å². The van der Waals surface area contributed by atoms with E-state index < -0.39 is 0 Å². The Hall–Kier alpha value is -2.85. The quantitative estimate of drug-likeness (QED) is 0.613. The maximum absolute atomic E-state index is 5.56. The van der Waals surface area contributed by atoms with Crippen LogP contribution in [0.1, 0.15) is 16.8 Å². The highest BCUT2D eigenvalue weighted by molar-refractivity contribution is 5.89. The van der Waals surface area contributed by atoms with Crippen molar-refractivity contribution in [1.82, 2.24) is 14.8 Å². The molecular weight excluding hydrogens is 310 g/mol. The van der Waals surface area contributed by atoms with E-state index >= 15 is 0 Å². The van der Waals surface area contributed by atoms with E-state index in [1.807, 2.05) is 16.9 Å². The van der Waals surface area contributed by atoms with Crippen molar-refractivity contribution in [2.45, 2.75) is 19.6 Å². The molecule has 0 aliphatic carbocycles. The molecule has 1 aliphatic rings. The maximum Gasteiger partial charge on any atom is 0.0869 e. The first kappa shape index (κ1) is 14.5. The van der Waals surface area contributed by atoms with Gasteiger partial charge in [-0.2, -0.15) is 5.10 Å². The highest BCUT2D eigenvalue weighted by atomic mass is 16.5. The number of fused-ring (bicyclic) bond motifs is 3. The van der Waals surface area contributed by atoms with Crippen molar-refractivity contribution in [3.63, 3.8) is 0 Å². The minimum atomic E-state index is 0.689. The largest absolute Gasteiger partial charge is 0.375 e. The average Bonchev–Trinajstić information content (AvgIpc) is 3.26. The molecule has 1 aliphatic heterocycles. The van der Waals surface area contributed by atoms with Gasteiger partial charge in [-0.3, -0.25) is 4.68 Å². The lowest BCUT2D eigenvalue weighted by molar-refractivity contribution is 0.109. The molecule has 0 atom stereocenters. The van der Waals surface area contributed by atoms with Crippen LogP contribution < -0.4 is 0 Å². The Kier molecular flexibility index (Phi) is 3.42. The Labute approximate surface area is 146 Å². The fourth-order valence-electron chi connectivity index (χ4n) is 3.61. The number of benzene rings is 2. The van der Waals surface area contributed by atoms with Gasteiger partial charge in [-0.15, -0.1) is 0 Å². The van der Waals surface area contributed by atoms with Crippen LogP contribution in [-0.2, 0) is 24.3 Å². The fourth-order valence-corrected chi connectivity index (χ4v) is 3.61. The van der Waals surface area contributed by atoms with Gasteiger partial charge in [0.05, 0.1) is 26.0 Å². The van der Waals surface area contributed by atoms with Crippen molar-refractivity contribution < 1.29 is 4.74 Å². The number of nitrogens with one attached hydrogen (secondary N) is 1. The lowest BCUT2D eigenvalue weighted by Gasteiger charge is -2.11. The summed E-state index contributed by atoms with van der Waals surface area (Å²) in [6, 6.07) is 17.0. The number of hydrogen-bond donors (Lipinski definition) is 1. The van der Waals surface area contributed by atoms with Crippen LogP contribution >= 0.6 is 0 Å². The van der Waals surface area contributed by atoms with E-state index in [1.165, 1.54) is 33.3 Å². The summed E-state index contributed by atoms with van der Waals surface area (Å²) in [6.45, 7) is 2.29. The average molecular weight is 329 g/mol. The zero-order chi connectivity index (χ0) is 16.6. The minimum Gasteiger partial charge on any atom is -0.375 e. The van der Waals surface area contributed by atoms with Crippen LogP contribution in [-0.4, -0.2) is 21.4 Å². The predicted octanol–water partition coefficient (Wildman–Crippen LogP) is 4.15. The normalized spacial score (nSPS) is 13.9. The summed E-state index contributed by atoms with van der Waals surface area (Å²) >= 11 is 0. The van der Waals surface area contributed by atoms with E-state index in [0.29, 0.717) is 6.61 Å². The second-order valence-electron chi connectivity index (χ2n) is 6.56. The fraction of sp³-hybridized carbons (Fsp3) is 0.190. The van der Waals surface area contributed by atoms with E-state index in [9.17, 15) is 0 Å². The van der Waals surface area contributed by atoms with Crippen LogP contribution in [0.5, 0.6) is 0 Å². The van der Waals surface area contributed by atoms with E-state index in [0.717, 1.165) is 25.1 Å². The monoisotopic (exact) mass is 329 g/mol. The van der Waals surface area contributed by atoms with E-state index in [1.54, 1.807) is 0 Å². The molecule has 124 valence electrons. The first-order valence-corrected chi connectivity index (χ1v) is 8.65. The number of rotatable bonds is 3. The molecule has 5 rings (SSSR count). The molecular formula is C21H19N3O. The summed E-state index contributed by atoms with van der Waals surface area (Å²) in [5.41, 5.74) is 7.43. The van der Waals surface area contributed by atoms with Gasteiger partial charge in [0.15, 0.2) is 0 Å². The zero-order valence-corrected chi connectivity index (χ0v) is 13.9. The van der Waals surface area contributed by atoms with E-state index in [4.69, 9.17) is 4.74 Å². The van der Waals surface area contributed by atoms with Gasteiger partial charge in [-0.05, 0) is 35.2 Å². The van der Waals surface area contributed by atoms with Crippen LogP contribution in [0.2, 0.25) is 0 Å². The van der Waals surface area contributed by atoms with Crippen LogP contribution in [0, 0.1) is 0 Å². The SMILES string of the molecule is c1ccc(Cn2cc(-c3ccc4[nH]c5c(c4c3)CCOC5)cn2)cc1. The highest BCUT2D eigenvalue weighted by Gasteiger charge is 2.16. The molecule has 0 spiro atoms. The number of hydrogen-bond acceptors (Lipinski definition) is 2. The molecule has 2 aromatic carbocycles. The van der Waals surface area contributed by atoms with Crippen LogP contribution in [0.4, 0.5) is 0 Å². The summed E-state index contributed by atoms with van der Waals surface area (Å²) in [4.78, 5) is 3.49. The first-order chi connectivity index (χ1) is 12.4. The standard InChI is InChI=1S/C21H19N3O/c1-2-4-15(5-3-1)12-24-13-17(11-22-24)16-6-7-20-19(10-16)18-8-9-25-14-21(18)23-20/h1-7,10-11,13,23H,8-9,12,14H2. The molecule has 25 heavy (non-hydrogen) atoms.